The second-order valence-electron chi connectivity index (χ2n) is 6.57. The molecule has 2 aromatic rings. The van der Waals surface area contributed by atoms with Crippen molar-refractivity contribution >= 4 is 16.9 Å². The highest BCUT2D eigenvalue weighted by molar-refractivity contribution is 5.94. The van der Waals surface area contributed by atoms with Gasteiger partial charge in [0, 0.05) is 19.6 Å². The van der Waals surface area contributed by atoms with Crippen LogP contribution < -0.4 is 0 Å². The van der Waals surface area contributed by atoms with Crippen LogP contribution in [0, 0.1) is 17.8 Å². The Bertz CT molecular complexity index is 647. The van der Waals surface area contributed by atoms with E-state index in [1.54, 1.807) is 0 Å². The molecule has 1 aromatic carbocycles. The van der Waals surface area contributed by atoms with Crippen LogP contribution in [-0.2, 0) is 0 Å². The Morgan fingerprint density at radius 2 is 2.05 bits per heavy atom. The van der Waals surface area contributed by atoms with Crippen molar-refractivity contribution in [2.45, 2.75) is 0 Å². The predicted octanol–water partition coefficient (Wildman–Crippen LogP) is 1.44. The van der Waals surface area contributed by atoms with Gasteiger partial charge in [-0.1, -0.05) is 12.1 Å². The van der Waals surface area contributed by atoms with Crippen LogP contribution in [0.5, 0.6) is 0 Å². The average molecular weight is 284 g/mol. The minimum absolute atomic E-state index is 0.0435. The molecule has 1 saturated carbocycles. The van der Waals surface area contributed by atoms with Crippen molar-refractivity contribution in [2.24, 2.45) is 17.8 Å². The number of fused-ring (bicyclic) bond motifs is 2. The molecule has 1 amide bonds. The van der Waals surface area contributed by atoms with Crippen LogP contribution in [0.4, 0.5) is 0 Å². The Hall–Kier alpha value is -1.88. The number of aromatic amines is 1. The largest absolute Gasteiger partial charge is 0.335 e. The number of H-pyrrole nitrogens is 1. The molecule has 5 heteroatoms. The van der Waals surface area contributed by atoms with Crippen molar-refractivity contribution in [1.29, 1.82) is 0 Å². The number of piperidine rings is 1. The summed E-state index contributed by atoms with van der Waals surface area (Å²) < 4.78 is 0. The molecule has 1 N–H and O–H groups in total. The summed E-state index contributed by atoms with van der Waals surface area (Å²) in [5.41, 5.74) is 1.78. The Morgan fingerprint density at radius 3 is 2.71 bits per heavy atom. The number of para-hydroxylation sites is 2. The first kappa shape index (κ1) is 12.8. The van der Waals surface area contributed by atoms with E-state index >= 15 is 0 Å². The molecule has 110 valence electrons. The van der Waals surface area contributed by atoms with Gasteiger partial charge in [0.05, 0.1) is 11.0 Å². The van der Waals surface area contributed by atoms with Gasteiger partial charge < -0.3 is 14.8 Å². The highest BCUT2D eigenvalue weighted by Gasteiger charge is 2.56. The van der Waals surface area contributed by atoms with E-state index < -0.39 is 0 Å². The van der Waals surface area contributed by atoms with Crippen LogP contribution in [0.15, 0.2) is 24.3 Å². The average Bonchev–Trinajstić information content (AvgIpc) is 2.89. The number of imidazole rings is 1. The van der Waals surface area contributed by atoms with Gasteiger partial charge in [0.1, 0.15) is 0 Å². The van der Waals surface area contributed by atoms with E-state index in [0.29, 0.717) is 17.7 Å². The Morgan fingerprint density at radius 1 is 1.33 bits per heavy atom. The number of carbonyl (C=O) groups is 1. The third kappa shape index (κ3) is 2.12. The monoisotopic (exact) mass is 284 g/mol. The van der Waals surface area contributed by atoms with Crippen LogP contribution >= 0.6 is 0 Å². The number of likely N-dealkylation sites (tertiary alicyclic amines) is 1. The zero-order valence-electron chi connectivity index (χ0n) is 12.4. The minimum Gasteiger partial charge on any atom is -0.335 e. The summed E-state index contributed by atoms with van der Waals surface area (Å²) >= 11 is 0. The van der Waals surface area contributed by atoms with Crippen LogP contribution in [0.3, 0.4) is 0 Å². The zero-order valence-corrected chi connectivity index (χ0v) is 12.4. The van der Waals surface area contributed by atoms with Gasteiger partial charge >= 0.3 is 0 Å². The van der Waals surface area contributed by atoms with E-state index in [4.69, 9.17) is 0 Å². The number of carbonyl (C=O) groups excluding carboxylic acids is 1. The van der Waals surface area contributed by atoms with E-state index in [1.165, 1.54) is 0 Å². The summed E-state index contributed by atoms with van der Waals surface area (Å²) in [5.74, 6) is 2.69. The van der Waals surface area contributed by atoms with E-state index in [9.17, 15) is 4.79 Å². The zero-order chi connectivity index (χ0) is 14.6. The lowest BCUT2D eigenvalue weighted by molar-refractivity contribution is 0.0754. The molecule has 0 radical (unpaired) electrons. The molecule has 21 heavy (non-hydrogen) atoms. The lowest BCUT2D eigenvalue weighted by atomic mass is 10.2. The predicted molar refractivity (Wildman–Crippen MR) is 81.0 cm³/mol. The summed E-state index contributed by atoms with van der Waals surface area (Å²) in [6, 6.07) is 7.77. The van der Waals surface area contributed by atoms with Crippen LogP contribution in [-0.4, -0.2) is 59.4 Å². The molecule has 0 spiro atoms. The van der Waals surface area contributed by atoms with Crippen LogP contribution in [0.2, 0.25) is 0 Å². The van der Waals surface area contributed by atoms with Crippen LogP contribution in [0.1, 0.15) is 10.6 Å². The highest BCUT2D eigenvalue weighted by atomic mass is 16.2. The summed E-state index contributed by atoms with van der Waals surface area (Å²) in [5, 5.41) is 0. The third-order valence-corrected chi connectivity index (χ3v) is 4.83. The van der Waals surface area contributed by atoms with Gasteiger partial charge in [-0.15, -0.1) is 0 Å². The van der Waals surface area contributed by atoms with E-state index in [0.717, 1.165) is 36.6 Å². The van der Waals surface area contributed by atoms with Gasteiger partial charge in [-0.2, -0.15) is 0 Å². The van der Waals surface area contributed by atoms with Gasteiger partial charge in [-0.25, -0.2) is 4.98 Å². The number of aromatic nitrogens is 2. The van der Waals surface area contributed by atoms with Gasteiger partial charge in [-0.05, 0) is 44.0 Å². The maximum atomic E-state index is 12.5. The van der Waals surface area contributed by atoms with Gasteiger partial charge in [0.2, 0.25) is 0 Å². The number of nitrogens with zero attached hydrogens (tertiary/aromatic N) is 3. The molecular formula is C16H20N4O. The fourth-order valence-corrected chi connectivity index (χ4v) is 3.71. The van der Waals surface area contributed by atoms with Crippen molar-refractivity contribution in [1.82, 2.24) is 19.8 Å². The molecular weight excluding hydrogens is 264 g/mol. The Balaban J connectivity index is 1.45. The normalized spacial score (nSPS) is 27.4. The molecule has 1 saturated heterocycles. The fraction of sp³-hybridized carbons (Fsp3) is 0.500. The SMILES string of the molecule is CN(C)CC1[C@H]2CN(C(=O)c3nc4ccccc4[nH]3)C[C@@H]12. The molecule has 1 unspecified atom stereocenters. The molecule has 2 aliphatic rings. The van der Waals surface area contributed by atoms with Crippen molar-refractivity contribution < 1.29 is 4.79 Å². The lowest BCUT2D eigenvalue weighted by Gasteiger charge is -2.19. The number of amides is 1. The minimum atomic E-state index is 0.0435. The molecule has 2 heterocycles. The molecule has 5 nitrogen and oxygen atoms in total. The first-order chi connectivity index (χ1) is 10.1. The Labute approximate surface area is 123 Å². The number of benzene rings is 1. The van der Waals surface area contributed by atoms with E-state index in [-0.39, 0.29) is 5.91 Å². The second kappa shape index (κ2) is 4.56. The topological polar surface area (TPSA) is 52.2 Å². The van der Waals surface area contributed by atoms with Crippen molar-refractivity contribution in [3.63, 3.8) is 0 Å². The highest BCUT2D eigenvalue weighted by Crippen LogP contribution is 2.51. The summed E-state index contributed by atoms with van der Waals surface area (Å²) in [7, 11) is 4.23. The number of nitrogens with one attached hydrogen (secondary N) is 1. The maximum absolute atomic E-state index is 12.5. The maximum Gasteiger partial charge on any atom is 0.289 e. The molecule has 2 fully saturated rings. The van der Waals surface area contributed by atoms with Crippen molar-refractivity contribution in [3.05, 3.63) is 30.1 Å². The van der Waals surface area contributed by atoms with Crippen molar-refractivity contribution in [3.8, 4) is 0 Å². The molecule has 1 aromatic heterocycles. The number of hydrogen-bond donors (Lipinski definition) is 1. The quantitative estimate of drug-likeness (QED) is 0.928. The van der Waals surface area contributed by atoms with Crippen molar-refractivity contribution in [2.75, 3.05) is 33.7 Å². The second-order valence-corrected chi connectivity index (χ2v) is 6.57. The first-order valence-corrected chi connectivity index (χ1v) is 7.52. The van der Waals surface area contributed by atoms with Crippen LogP contribution in [0.25, 0.3) is 11.0 Å². The summed E-state index contributed by atoms with van der Waals surface area (Å²) in [4.78, 5) is 24.3. The fourth-order valence-electron chi connectivity index (χ4n) is 3.71. The molecule has 1 aliphatic heterocycles. The van der Waals surface area contributed by atoms with E-state index in [2.05, 4.69) is 29.0 Å². The molecule has 4 rings (SSSR count). The summed E-state index contributed by atoms with van der Waals surface area (Å²) in [6.07, 6.45) is 0. The molecule has 0 bridgehead atoms. The van der Waals surface area contributed by atoms with Gasteiger partial charge in [0.15, 0.2) is 5.82 Å². The summed E-state index contributed by atoms with van der Waals surface area (Å²) in [6.45, 7) is 2.92. The lowest BCUT2D eigenvalue weighted by Crippen LogP contribution is -2.33. The third-order valence-electron chi connectivity index (χ3n) is 4.83. The number of rotatable bonds is 3. The molecule has 1 aliphatic carbocycles. The standard InChI is InChI=1S/C16H20N4O/c1-19(2)7-10-11-8-20(9-12(10)11)16(21)15-17-13-5-3-4-6-14(13)18-15/h3-6,10-12H,7-9H2,1-2H3,(H,17,18)/t10?,11-,12+. The Kier molecular flexibility index (Phi) is 2.79. The van der Waals surface area contributed by atoms with Gasteiger partial charge in [-0.3, -0.25) is 4.79 Å². The smallest absolute Gasteiger partial charge is 0.289 e. The molecule has 3 atom stereocenters. The number of hydrogen-bond acceptors (Lipinski definition) is 3. The first-order valence-electron chi connectivity index (χ1n) is 7.52. The van der Waals surface area contributed by atoms with E-state index in [1.807, 2.05) is 29.2 Å². The van der Waals surface area contributed by atoms with Gasteiger partial charge in [0.25, 0.3) is 5.91 Å².